The van der Waals surface area contributed by atoms with E-state index in [2.05, 4.69) is 5.32 Å². The topological polar surface area (TPSA) is 64.6 Å². The smallest absolute Gasteiger partial charge is 0.305 e. The standard InChI is InChI=1S/C16H22FNO4/c1-3-22-16(20)5-4-10-18-15(19)9-7-12-6-8-14(21-2)13(17)11-12/h6,8,11H,3-5,7,9-10H2,1-2H3,(H,18,19). The Hall–Kier alpha value is -2.11. The number of carbonyl (C=O) groups is 2. The Balaban J connectivity index is 2.23. The summed E-state index contributed by atoms with van der Waals surface area (Å²) in [5.41, 5.74) is 0.736. The molecule has 1 rings (SSSR count). The number of rotatable bonds is 9. The van der Waals surface area contributed by atoms with Gasteiger partial charge >= 0.3 is 5.97 Å². The van der Waals surface area contributed by atoms with Gasteiger partial charge in [0.25, 0.3) is 0 Å². The maximum Gasteiger partial charge on any atom is 0.305 e. The first-order valence-electron chi connectivity index (χ1n) is 7.31. The summed E-state index contributed by atoms with van der Waals surface area (Å²) in [7, 11) is 1.40. The van der Waals surface area contributed by atoms with E-state index in [1.807, 2.05) is 0 Å². The van der Waals surface area contributed by atoms with E-state index in [1.54, 1.807) is 19.1 Å². The lowest BCUT2D eigenvalue weighted by atomic mass is 10.1. The number of hydrogen-bond acceptors (Lipinski definition) is 4. The van der Waals surface area contributed by atoms with Gasteiger partial charge in [0.2, 0.25) is 5.91 Å². The molecular weight excluding hydrogens is 289 g/mol. The predicted molar refractivity (Wildman–Crippen MR) is 80.1 cm³/mol. The number of nitrogens with one attached hydrogen (secondary N) is 1. The first kappa shape index (κ1) is 17.9. The van der Waals surface area contributed by atoms with Crippen LogP contribution in [-0.2, 0) is 20.7 Å². The molecule has 1 aromatic rings. The van der Waals surface area contributed by atoms with Crippen molar-refractivity contribution >= 4 is 11.9 Å². The van der Waals surface area contributed by atoms with Gasteiger partial charge < -0.3 is 14.8 Å². The highest BCUT2D eigenvalue weighted by molar-refractivity contribution is 5.76. The highest BCUT2D eigenvalue weighted by atomic mass is 19.1. The lowest BCUT2D eigenvalue weighted by molar-refractivity contribution is -0.143. The molecule has 1 amide bonds. The molecule has 122 valence electrons. The van der Waals surface area contributed by atoms with Crippen molar-refractivity contribution < 1.29 is 23.5 Å². The van der Waals surface area contributed by atoms with Crippen LogP contribution in [0.1, 0.15) is 31.7 Å². The molecule has 0 aliphatic heterocycles. The minimum absolute atomic E-state index is 0.125. The zero-order valence-corrected chi connectivity index (χ0v) is 13.0. The fourth-order valence-corrected chi connectivity index (χ4v) is 1.91. The minimum Gasteiger partial charge on any atom is -0.494 e. The molecule has 22 heavy (non-hydrogen) atoms. The third-order valence-electron chi connectivity index (χ3n) is 3.04. The maximum absolute atomic E-state index is 13.5. The van der Waals surface area contributed by atoms with Crippen molar-refractivity contribution in [2.45, 2.75) is 32.6 Å². The molecular formula is C16H22FNO4. The van der Waals surface area contributed by atoms with Gasteiger partial charge in [-0.1, -0.05) is 6.07 Å². The van der Waals surface area contributed by atoms with Gasteiger partial charge in [-0.3, -0.25) is 9.59 Å². The number of methoxy groups -OCH3 is 1. The van der Waals surface area contributed by atoms with Gasteiger partial charge in [-0.25, -0.2) is 4.39 Å². The van der Waals surface area contributed by atoms with Gasteiger partial charge in [-0.05, 0) is 37.5 Å². The summed E-state index contributed by atoms with van der Waals surface area (Å²) in [6.07, 6.45) is 1.55. The molecule has 0 unspecified atom stereocenters. The van der Waals surface area contributed by atoms with Gasteiger partial charge in [0.15, 0.2) is 11.6 Å². The molecule has 0 aromatic heterocycles. The summed E-state index contributed by atoms with van der Waals surface area (Å²) in [6.45, 7) is 2.54. The van der Waals surface area contributed by atoms with E-state index < -0.39 is 5.82 Å². The molecule has 6 heteroatoms. The average molecular weight is 311 g/mol. The Morgan fingerprint density at radius 1 is 1.27 bits per heavy atom. The number of amides is 1. The van der Waals surface area contributed by atoms with Crippen molar-refractivity contribution in [3.63, 3.8) is 0 Å². The van der Waals surface area contributed by atoms with E-state index in [-0.39, 0.29) is 30.5 Å². The molecule has 0 fully saturated rings. The maximum atomic E-state index is 13.5. The Labute approximate surface area is 129 Å². The molecule has 0 spiro atoms. The van der Waals surface area contributed by atoms with Crippen molar-refractivity contribution in [2.24, 2.45) is 0 Å². The van der Waals surface area contributed by atoms with E-state index in [0.717, 1.165) is 5.56 Å². The summed E-state index contributed by atoms with van der Waals surface area (Å²) in [6, 6.07) is 4.64. The number of aryl methyl sites for hydroxylation is 1. The zero-order valence-electron chi connectivity index (χ0n) is 13.0. The number of ether oxygens (including phenoxy) is 2. The Kier molecular flexibility index (Phi) is 7.96. The molecule has 0 radical (unpaired) electrons. The molecule has 0 heterocycles. The summed E-state index contributed by atoms with van der Waals surface area (Å²) < 4.78 is 23.1. The van der Waals surface area contributed by atoms with Crippen molar-refractivity contribution in [1.82, 2.24) is 5.32 Å². The number of hydrogen-bond donors (Lipinski definition) is 1. The van der Waals surface area contributed by atoms with Gasteiger partial charge in [-0.2, -0.15) is 0 Å². The van der Waals surface area contributed by atoms with Crippen LogP contribution in [0.2, 0.25) is 0 Å². The van der Waals surface area contributed by atoms with Gasteiger partial charge in [0.1, 0.15) is 0 Å². The van der Waals surface area contributed by atoms with Gasteiger partial charge in [0.05, 0.1) is 13.7 Å². The van der Waals surface area contributed by atoms with Crippen molar-refractivity contribution in [2.75, 3.05) is 20.3 Å². The average Bonchev–Trinajstić information content (AvgIpc) is 2.50. The van der Waals surface area contributed by atoms with E-state index in [1.165, 1.54) is 13.2 Å². The van der Waals surface area contributed by atoms with Crippen LogP contribution >= 0.6 is 0 Å². The summed E-state index contributed by atoms with van der Waals surface area (Å²) >= 11 is 0. The fourth-order valence-electron chi connectivity index (χ4n) is 1.91. The predicted octanol–water partition coefficient (Wildman–Crippen LogP) is 2.23. The first-order valence-corrected chi connectivity index (χ1v) is 7.31. The van der Waals surface area contributed by atoms with Gasteiger partial charge in [0, 0.05) is 19.4 Å². The molecule has 0 saturated carbocycles. The van der Waals surface area contributed by atoms with Crippen molar-refractivity contribution in [3.8, 4) is 5.75 Å². The number of halogens is 1. The molecule has 0 atom stereocenters. The number of esters is 1. The quantitative estimate of drug-likeness (QED) is 0.561. The highest BCUT2D eigenvalue weighted by Gasteiger charge is 2.07. The van der Waals surface area contributed by atoms with E-state index in [4.69, 9.17) is 9.47 Å². The van der Waals surface area contributed by atoms with Crippen LogP contribution in [0.3, 0.4) is 0 Å². The Bertz CT molecular complexity index is 505. The lowest BCUT2D eigenvalue weighted by Crippen LogP contribution is -2.25. The van der Waals surface area contributed by atoms with Crippen LogP contribution in [0, 0.1) is 5.82 Å². The molecule has 1 aromatic carbocycles. The molecule has 0 aliphatic rings. The Morgan fingerprint density at radius 2 is 2.05 bits per heavy atom. The van der Waals surface area contributed by atoms with E-state index >= 15 is 0 Å². The van der Waals surface area contributed by atoms with Crippen molar-refractivity contribution in [3.05, 3.63) is 29.6 Å². The van der Waals surface area contributed by atoms with Crippen LogP contribution in [0.15, 0.2) is 18.2 Å². The van der Waals surface area contributed by atoms with Crippen LogP contribution in [-0.4, -0.2) is 32.1 Å². The number of benzene rings is 1. The summed E-state index contributed by atoms with van der Waals surface area (Å²) in [4.78, 5) is 22.8. The fraction of sp³-hybridized carbons (Fsp3) is 0.500. The van der Waals surface area contributed by atoms with E-state index in [9.17, 15) is 14.0 Å². The van der Waals surface area contributed by atoms with Crippen LogP contribution in [0.25, 0.3) is 0 Å². The molecule has 1 N–H and O–H groups in total. The third-order valence-corrected chi connectivity index (χ3v) is 3.04. The van der Waals surface area contributed by atoms with Gasteiger partial charge in [-0.15, -0.1) is 0 Å². The van der Waals surface area contributed by atoms with Crippen LogP contribution in [0.4, 0.5) is 4.39 Å². The van der Waals surface area contributed by atoms with Crippen LogP contribution in [0.5, 0.6) is 5.75 Å². The molecule has 5 nitrogen and oxygen atoms in total. The summed E-state index contributed by atoms with van der Waals surface area (Å²) in [5.74, 6) is -0.632. The highest BCUT2D eigenvalue weighted by Crippen LogP contribution is 2.18. The second-order valence-corrected chi connectivity index (χ2v) is 4.73. The SMILES string of the molecule is CCOC(=O)CCCNC(=O)CCc1ccc(OC)c(F)c1. The second kappa shape index (κ2) is 9.76. The molecule has 0 saturated heterocycles. The molecule has 0 bridgehead atoms. The monoisotopic (exact) mass is 311 g/mol. The largest absolute Gasteiger partial charge is 0.494 e. The van der Waals surface area contributed by atoms with Crippen LogP contribution < -0.4 is 10.1 Å². The summed E-state index contributed by atoms with van der Waals surface area (Å²) in [5, 5.41) is 2.72. The number of carbonyl (C=O) groups excluding carboxylic acids is 2. The second-order valence-electron chi connectivity index (χ2n) is 4.73. The normalized spacial score (nSPS) is 10.1. The molecule has 0 aliphatic carbocycles. The minimum atomic E-state index is -0.435. The lowest BCUT2D eigenvalue weighted by Gasteiger charge is -2.07. The Morgan fingerprint density at radius 3 is 2.68 bits per heavy atom. The third kappa shape index (κ3) is 6.56. The van der Waals surface area contributed by atoms with E-state index in [0.29, 0.717) is 26.0 Å². The zero-order chi connectivity index (χ0) is 16.4. The first-order chi connectivity index (χ1) is 10.6. The van der Waals surface area contributed by atoms with Crippen molar-refractivity contribution in [1.29, 1.82) is 0 Å².